The fraction of sp³-hybridized carbons (Fsp3) is 0.516. The van der Waals surface area contributed by atoms with E-state index in [0.717, 1.165) is 28.7 Å². The van der Waals surface area contributed by atoms with Gasteiger partial charge in [0.15, 0.2) is 6.29 Å². The fourth-order valence-corrected chi connectivity index (χ4v) is 4.92. The van der Waals surface area contributed by atoms with Crippen molar-refractivity contribution in [2.75, 3.05) is 40.0 Å². The van der Waals surface area contributed by atoms with Crippen LogP contribution in [0.5, 0.6) is 0 Å². The summed E-state index contributed by atoms with van der Waals surface area (Å²) in [6.07, 6.45) is -0.890. The highest BCUT2D eigenvalue weighted by atomic mass is 16.7. The van der Waals surface area contributed by atoms with Crippen LogP contribution < -0.4 is 5.32 Å². The normalized spacial score (nSPS) is 13.8. The number of methoxy groups -OCH3 is 1. The Hall–Kier alpha value is -3.43. The Balaban J connectivity index is 1.75. The quantitative estimate of drug-likeness (QED) is 0.251. The van der Waals surface area contributed by atoms with E-state index in [4.69, 9.17) is 18.9 Å². The molecule has 1 N–H and O–H groups in total. The van der Waals surface area contributed by atoms with Gasteiger partial charge in [-0.05, 0) is 42.0 Å². The molecule has 0 aromatic heterocycles. The van der Waals surface area contributed by atoms with Crippen LogP contribution >= 0.6 is 0 Å². The highest BCUT2D eigenvalue weighted by Gasteiger charge is 2.33. The third kappa shape index (κ3) is 8.05. The topological polar surface area (TPSA) is 103 Å². The van der Waals surface area contributed by atoms with Gasteiger partial charge in [-0.15, -0.1) is 0 Å². The molecule has 2 atom stereocenters. The standard InChI is InChI=1S/C31H42N2O7/c1-6-21(4)18-33(19-29(38-7-2)39-8-3)30(35)27(17-28(34)37-5)32-31(36)40-20-26-24-15-11-9-13-22(24)23-14-10-12-16-25(23)26/h9-16,21,26-27,29H,6-8,17-20H2,1-5H3,(H,32,36). The number of nitrogens with one attached hydrogen (secondary N) is 1. The first-order valence-electron chi connectivity index (χ1n) is 14.0. The van der Waals surface area contributed by atoms with Crippen LogP contribution in [-0.2, 0) is 28.5 Å². The summed E-state index contributed by atoms with van der Waals surface area (Å²) < 4.78 is 21.8. The smallest absolute Gasteiger partial charge is 0.407 e. The highest BCUT2D eigenvalue weighted by Crippen LogP contribution is 2.44. The largest absolute Gasteiger partial charge is 0.469 e. The minimum absolute atomic E-state index is 0.0896. The monoisotopic (exact) mass is 554 g/mol. The summed E-state index contributed by atoms with van der Waals surface area (Å²) in [6.45, 7) is 9.27. The number of hydrogen-bond donors (Lipinski definition) is 1. The molecule has 9 heteroatoms. The van der Waals surface area contributed by atoms with E-state index in [1.54, 1.807) is 4.90 Å². The van der Waals surface area contributed by atoms with Crippen molar-refractivity contribution < 1.29 is 33.3 Å². The summed E-state index contributed by atoms with van der Waals surface area (Å²) in [5, 5.41) is 2.63. The lowest BCUT2D eigenvalue weighted by Crippen LogP contribution is -2.53. The number of carbonyl (C=O) groups excluding carboxylic acids is 3. The molecule has 9 nitrogen and oxygen atoms in total. The third-order valence-electron chi connectivity index (χ3n) is 7.15. The Kier molecular flexibility index (Phi) is 12.0. The van der Waals surface area contributed by atoms with E-state index < -0.39 is 30.3 Å². The van der Waals surface area contributed by atoms with E-state index >= 15 is 0 Å². The summed E-state index contributed by atoms with van der Waals surface area (Å²) in [6, 6.07) is 14.9. The number of benzene rings is 2. The average molecular weight is 555 g/mol. The highest BCUT2D eigenvalue weighted by molar-refractivity contribution is 5.89. The first-order valence-corrected chi connectivity index (χ1v) is 14.0. The Morgan fingerprint density at radius 3 is 2.00 bits per heavy atom. The van der Waals surface area contributed by atoms with Crippen LogP contribution in [0.2, 0.25) is 0 Å². The molecule has 3 rings (SSSR count). The molecule has 0 bridgehead atoms. The van der Waals surface area contributed by atoms with Gasteiger partial charge < -0.3 is 29.2 Å². The summed E-state index contributed by atoms with van der Waals surface area (Å²) in [5.74, 6) is -0.996. The molecular formula is C31H42N2O7. The van der Waals surface area contributed by atoms with Crippen LogP contribution in [-0.4, -0.2) is 75.2 Å². The van der Waals surface area contributed by atoms with Gasteiger partial charge in [0, 0.05) is 25.7 Å². The molecule has 0 aliphatic heterocycles. The van der Waals surface area contributed by atoms with Crippen LogP contribution in [0.1, 0.15) is 57.6 Å². The molecule has 0 radical (unpaired) electrons. The van der Waals surface area contributed by atoms with Crippen LogP contribution in [0.4, 0.5) is 4.79 Å². The predicted octanol–water partition coefficient (Wildman–Crippen LogP) is 4.73. The number of nitrogens with zero attached hydrogens (tertiary/aromatic N) is 1. The predicted molar refractivity (Wildman–Crippen MR) is 152 cm³/mol. The average Bonchev–Trinajstić information content (AvgIpc) is 3.28. The zero-order valence-electron chi connectivity index (χ0n) is 24.2. The Labute approximate surface area is 237 Å². The lowest BCUT2D eigenvalue weighted by atomic mass is 9.98. The second kappa shape index (κ2) is 15.4. The van der Waals surface area contributed by atoms with Gasteiger partial charge in [0.05, 0.1) is 20.1 Å². The van der Waals surface area contributed by atoms with Crippen molar-refractivity contribution >= 4 is 18.0 Å². The van der Waals surface area contributed by atoms with Crippen molar-refractivity contribution in [3.63, 3.8) is 0 Å². The number of ether oxygens (including phenoxy) is 4. The summed E-state index contributed by atoms with van der Waals surface area (Å²) in [4.78, 5) is 40.6. The zero-order chi connectivity index (χ0) is 29.1. The molecule has 2 aromatic rings. The summed E-state index contributed by atoms with van der Waals surface area (Å²) >= 11 is 0. The van der Waals surface area contributed by atoms with Crippen molar-refractivity contribution in [1.82, 2.24) is 10.2 Å². The number of amides is 2. The van der Waals surface area contributed by atoms with Gasteiger partial charge in [-0.1, -0.05) is 68.8 Å². The number of rotatable bonds is 15. The van der Waals surface area contributed by atoms with E-state index in [1.165, 1.54) is 7.11 Å². The Morgan fingerprint density at radius 1 is 0.900 bits per heavy atom. The van der Waals surface area contributed by atoms with E-state index in [9.17, 15) is 14.4 Å². The number of fused-ring (bicyclic) bond motifs is 3. The molecule has 1 aliphatic carbocycles. The third-order valence-corrected chi connectivity index (χ3v) is 7.15. The molecule has 0 spiro atoms. The first kappa shape index (κ1) is 31.1. The van der Waals surface area contributed by atoms with Crippen molar-refractivity contribution in [3.8, 4) is 11.1 Å². The molecule has 2 unspecified atom stereocenters. The number of esters is 1. The Bertz CT molecular complexity index is 1090. The van der Waals surface area contributed by atoms with E-state index in [2.05, 4.69) is 17.4 Å². The lowest BCUT2D eigenvalue weighted by Gasteiger charge is -2.32. The van der Waals surface area contributed by atoms with Gasteiger partial charge >= 0.3 is 12.1 Å². The van der Waals surface area contributed by atoms with Crippen LogP contribution in [0.3, 0.4) is 0 Å². The summed E-state index contributed by atoms with van der Waals surface area (Å²) in [5.41, 5.74) is 4.39. The second-order valence-corrected chi connectivity index (χ2v) is 9.90. The SMILES string of the molecule is CCOC(CN(CC(C)CC)C(=O)C(CC(=O)OC)NC(=O)OCC1c2ccccc2-c2ccccc21)OCC. The lowest BCUT2D eigenvalue weighted by molar-refractivity contribution is -0.161. The van der Waals surface area contributed by atoms with Crippen LogP contribution in [0.15, 0.2) is 48.5 Å². The van der Waals surface area contributed by atoms with Crippen LogP contribution in [0.25, 0.3) is 11.1 Å². The second-order valence-electron chi connectivity index (χ2n) is 9.90. The molecule has 218 valence electrons. The molecule has 2 amide bonds. The molecule has 40 heavy (non-hydrogen) atoms. The van der Waals surface area contributed by atoms with Crippen molar-refractivity contribution in [1.29, 1.82) is 0 Å². The van der Waals surface area contributed by atoms with E-state index in [1.807, 2.05) is 64.1 Å². The Morgan fingerprint density at radius 2 is 1.48 bits per heavy atom. The van der Waals surface area contributed by atoms with Gasteiger partial charge in [-0.2, -0.15) is 0 Å². The van der Waals surface area contributed by atoms with Crippen molar-refractivity contribution in [3.05, 3.63) is 59.7 Å². The molecule has 0 saturated heterocycles. The molecule has 2 aromatic carbocycles. The van der Waals surface area contributed by atoms with Crippen molar-refractivity contribution in [2.24, 2.45) is 5.92 Å². The number of hydrogen-bond acceptors (Lipinski definition) is 7. The molecular weight excluding hydrogens is 512 g/mol. The molecule has 0 heterocycles. The molecule has 1 aliphatic rings. The molecule has 0 fully saturated rings. The van der Waals surface area contributed by atoms with E-state index in [0.29, 0.717) is 19.8 Å². The minimum Gasteiger partial charge on any atom is -0.469 e. The maximum Gasteiger partial charge on any atom is 0.407 e. The van der Waals surface area contributed by atoms with E-state index in [-0.39, 0.29) is 31.4 Å². The number of carbonyl (C=O) groups is 3. The van der Waals surface area contributed by atoms with Gasteiger partial charge in [-0.25, -0.2) is 4.79 Å². The maximum atomic E-state index is 13.8. The van der Waals surface area contributed by atoms with Gasteiger partial charge in [0.1, 0.15) is 12.6 Å². The van der Waals surface area contributed by atoms with Crippen LogP contribution in [0, 0.1) is 5.92 Å². The van der Waals surface area contributed by atoms with Gasteiger partial charge in [0.25, 0.3) is 0 Å². The first-order chi connectivity index (χ1) is 19.3. The number of alkyl carbamates (subject to hydrolysis) is 1. The maximum absolute atomic E-state index is 13.8. The van der Waals surface area contributed by atoms with Gasteiger partial charge in [-0.3, -0.25) is 9.59 Å². The zero-order valence-corrected chi connectivity index (χ0v) is 24.2. The van der Waals surface area contributed by atoms with Gasteiger partial charge in [0.2, 0.25) is 5.91 Å². The fourth-order valence-electron chi connectivity index (χ4n) is 4.92. The van der Waals surface area contributed by atoms with Crippen molar-refractivity contribution in [2.45, 2.75) is 58.8 Å². The summed E-state index contributed by atoms with van der Waals surface area (Å²) in [7, 11) is 1.24. The molecule has 0 saturated carbocycles. The minimum atomic E-state index is -1.17.